The molecule has 180 valence electrons. The Labute approximate surface area is 192 Å². The predicted molar refractivity (Wildman–Crippen MR) is 116 cm³/mol. The Morgan fingerprint density at radius 1 is 1.18 bits per heavy atom. The molecule has 3 N–H and O–H groups in total. The molecule has 3 saturated carbocycles. The summed E-state index contributed by atoms with van der Waals surface area (Å²) in [6.45, 7) is 3.30. The topological polar surface area (TPSA) is 138 Å². The van der Waals surface area contributed by atoms with E-state index in [4.69, 9.17) is 9.84 Å². The average Bonchev–Trinajstić information content (AvgIpc) is 3.02. The molecule has 8 heteroatoms. The van der Waals surface area contributed by atoms with Gasteiger partial charge in [0.1, 0.15) is 5.60 Å². The number of rotatable bonds is 6. The Morgan fingerprint density at radius 2 is 1.91 bits per heavy atom. The van der Waals surface area contributed by atoms with Gasteiger partial charge in [0.05, 0.1) is 18.9 Å². The minimum atomic E-state index is -1.73. The van der Waals surface area contributed by atoms with Gasteiger partial charge in [-0.1, -0.05) is 25.5 Å². The summed E-state index contributed by atoms with van der Waals surface area (Å²) in [6.07, 6.45) is 6.27. The zero-order chi connectivity index (χ0) is 24.2. The van der Waals surface area contributed by atoms with Crippen LogP contribution in [0.25, 0.3) is 0 Å². The average molecular weight is 461 g/mol. The molecular weight excluding hydrogens is 428 g/mol. The number of fused-ring (bicyclic) bond motifs is 5. The van der Waals surface area contributed by atoms with Crippen LogP contribution >= 0.6 is 0 Å². The van der Waals surface area contributed by atoms with E-state index in [1.807, 2.05) is 13.0 Å². The van der Waals surface area contributed by atoms with E-state index in [-0.39, 0.29) is 49.2 Å². The summed E-state index contributed by atoms with van der Waals surface area (Å²) >= 11 is 0. The summed E-state index contributed by atoms with van der Waals surface area (Å²) in [5.74, 6) is -2.58. The molecule has 3 fully saturated rings. The van der Waals surface area contributed by atoms with Gasteiger partial charge in [0, 0.05) is 16.7 Å². The van der Waals surface area contributed by atoms with Gasteiger partial charge in [0.25, 0.3) is 0 Å². The van der Waals surface area contributed by atoms with Crippen molar-refractivity contribution >= 4 is 23.5 Å². The molecule has 0 aromatic carbocycles. The number of Topliss-reactive ketones (excluding diaryl/α,β-unsaturated/α-hetero) is 1. The van der Waals surface area contributed by atoms with Gasteiger partial charge in [0.15, 0.2) is 12.4 Å². The minimum Gasteiger partial charge on any atom is -0.481 e. The molecule has 4 aliphatic carbocycles. The number of carbonyl (C=O) groups excluding carboxylic acids is 3. The zero-order valence-electron chi connectivity index (χ0n) is 19.1. The van der Waals surface area contributed by atoms with Gasteiger partial charge in [-0.15, -0.1) is 0 Å². The number of hydrogen-bond acceptors (Lipinski definition) is 7. The van der Waals surface area contributed by atoms with Crippen LogP contribution in [0, 0.1) is 28.6 Å². The molecule has 0 saturated heterocycles. The van der Waals surface area contributed by atoms with E-state index in [2.05, 4.69) is 6.92 Å². The highest BCUT2D eigenvalue weighted by molar-refractivity contribution is 6.01. The first-order chi connectivity index (χ1) is 15.4. The molecular formula is C25H32O8. The maximum atomic E-state index is 13.1. The van der Waals surface area contributed by atoms with E-state index < -0.39 is 46.9 Å². The van der Waals surface area contributed by atoms with Crippen molar-refractivity contribution < 1.29 is 39.2 Å². The van der Waals surface area contributed by atoms with Crippen molar-refractivity contribution in [3.8, 4) is 0 Å². The number of aliphatic hydroxyl groups excluding tert-OH is 1. The van der Waals surface area contributed by atoms with Gasteiger partial charge in [-0.2, -0.15) is 0 Å². The molecule has 0 heterocycles. The zero-order valence-corrected chi connectivity index (χ0v) is 19.1. The Hall–Kier alpha value is -2.32. The predicted octanol–water partition coefficient (Wildman–Crippen LogP) is 1.97. The number of carbonyl (C=O) groups is 4. The van der Waals surface area contributed by atoms with E-state index in [0.717, 1.165) is 18.4 Å². The molecule has 7 atom stereocenters. The number of carboxylic acid groups (broad SMARTS) is 1. The summed E-state index contributed by atoms with van der Waals surface area (Å²) in [5, 5.41) is 31.6. The maximum Gasteiger partial charge on any atom is 0.306 e. The molecule has 33 heavy (non-hydrogen) atoms. The van der Waals surface area contributed by atoms with Crippen LogP contribution in [-0.2, 0) is 23.9 Å². The quantitative estimate of drug-likeness (QED) is 0.512. The van der Waals surface area contributed by atoms with Crippen molar-refractivity contribution in [2.45, 2.75) is 70.5 Å². The molecule has 4 aliphatic rings. The minimum absolute atomic E-state index is 0.00645. The van der Waals surface area contributed by atoms with E-state index in [0.29, 0.717) is 6.42 Å². The molecule has 0 radical (unpaired) electrons. The van der Waals surface area contributed by atoms with E-state index in [9.17, 15) is 29.4 Å². The normalized spacial score (nSPS) is 41.5. The van der Waals surface area contributed by atoms with Crippen LogP contribution in [0.4, 0.5) is 0 Å². The SMILES string of the molecule is CC12C=CC(=O)C=C1CCC1C2C(O)CC2(C)C1CC[C@]2(O)C(=O)COC(=O)CCC(=O)O. The van der Waals surface area contributed by atoms with Crippen LogP contribution in [0.15, 0.2) is 23.8 Å². The molecule has 0 amide bonds. The number of hydrogen-bond donors (Lipinski definition) is 3. The number of esters is 1. The lowest BCUT2D eigenvalue weighted by Gasteiger charge is -2.59. The van der Waals surface area contributed by atoms with Crippen molar-refractivity contribution in [2.24, 2.45) is 28.6 Å². The largest absolute Gasteiger partial charge is 0.481 e. The Balaban J connectivity index is 1.53. The Bertz CT molecular complexity index is 950. The second-order valence-corrected chi connectivity index (χ2v) is 10.6. The number of aliphatic carboxylic acids is 1. The van der Waals surface area contributed by atoms with Crippen molar-refractivity contribution in [2.75, 3.05) is 6.61 Å². The lowest BCUT2D eigenvalue weighted by atomic mass is 9.46. The number of allylic oxidation sites excluding steroid dienone is 4. The maximum absolute atomic E-state index is 13.1. The standard InChI is InChI=1S/C25H32O8/c1-23-9-7-15(26)11-14(23)3-4-16-17-8-10-25(32,24(17,2)12-18(27)22(16)23)19(28)13-33-21(31)6-5-20(29)30/h7,9,11,16-18,22,27,32H,3-6,8,10,12-13H2,1-2H3,(H,29,30)/t16?,17?,18?,22?,23?,24?,25-/m0/s1. The second kappa shape index (κ2) is 8.17. The van der Waals surface area contributed by atoms with Crippen molar-refractivity contribution in [1.82, 2.24) is 0 Å². The van der Waals surface area contributed by atoms with Crippen LogP contribution in [0.1, 0.15) is 58.8 Å². The number of ether oxygens (including phenoxy) is 1. The second-order valence-electron chi connectivity index (χ2n) is 10.6. The van der Waals surface area contributed by atoms with Crippen LogP contribution in [0.5, 0.6) is 0 Å². The van der Waals surface area contributed by atoms with Gasteiger partial charge in [0.2, 0.25) is 5.78 Å². The van der Waals surface area contributed by atoms with Crippen LogP contribution in [-0.4, -0.2) is 57.1 Å². The third-order valence-corrected chi connectivity index (χ3v) is 9.02. The van der Waals surface area contributed by atoms with Crippen LogP contribution in [0.3, 0.4) is 0 Å². The monoisotopic (exact) mass is 460 g/mol. The highest BCUT2D eigenvalue weighted by Gasteiger charge is 2.68. The lowest BCUT2D eigenvalue weighted by Crippen LogP contribution is -2.61. The van der Waals surface area contributed by atoms with Crippen molar-refractivity contribution in [3.05, 3.63) is 23.8 Å². The van der Waals surface area contributed by atoms with E-state index in [1.54, 1.807) is 12.2 Å². The first kappa shape index (κ1) is 23.8. The molecule has 0 spiro atoms. The molecule has 4 rings (SSSR count). The van der Waals surface area contributed by atoms with Gasteiger partial charge >= 0.3 is 11.9 Å². The summed E-state index contributed by atoms with van der Waals surface area (Å²) in [5.41, 5.74) is -1.99. The first-order valence-electron chi connectivity index (χ1n) is 11.7. The summed E-state index contributed by atoms with van der Waals surface area (Å²) in [4.78, 5) is 47.4. The van der Waals surface area contributed by atoms with Gasteiger partial charge < -0.3 is 20.1 Å². The fraction of sp³-hybridized carbons (Fsp3) is 0.680. The molecule has 0 bridgehead atoms. The fourth-order valence-corrected chi connectivity index (χ4v) is 7.34. The van der Waals surface area contributed by atoms with Crippen molar-refractivity contribution in [1.29, 1.82) is 0 Å². The highest BCUT2D eigenvalue weighted by atomic mass is 16.5. The Kier molecular flexibility index (Phi) is 5.90. The molecule has 0 aliphatic heterocycles. The molecule has 0 aromatic rings. The molecule has 6 unspecified atom stereocenters. The van der Waals surface area contributed by atoms with Gasteiger partial charge in [-0.25, -0.2) is 0 Å². The Morgan fingerprint density at radius 3 is 2.61 bits per heavy atom. The lowest BCUT2D eigenvalue weighted by molar-refractivity contribution is -0.181. The smallest absolute Gasteiger partial charge is 0.306 e. The summed E-state index contributed by atoms with van der Waals surface area (Å²) in [7, 11) is 0. The number of carboxylic acids is 1. The molecule has 8 nitrogen and oxygen atoms in total. The van der Waals surface area contributed by atoms with Crippen LogP contribution < -0.4 is 0 Å². The third-order valence-electron chi connectivity index (χ3n) is 9.02. The van der Waals surface area contributed by atoms with E-state index in [1.165, 1.54) is 0 Å². The first-order valence-corrected chi connectivity index (χ1v) is 11.7. The summed E-state index contributed by atoms with van der Waals surface area (Å²) in [6, 6.07) is 0. The van der Waals surface area contributed by atoms with Crippen LogP contribution in [0.2, 0.25) is 0 Å². The number of ketones is 2. The third kappa shape index (κ3) is 3.67. The van der Waals surface area contributed by atoms with E-state index >= 15 is 0 Å². The van der Waals surface area contributed by atoms with Gasteiger partial charge in [-0.3, -0.25) is 19.2 Å². The molecule has 0 aromatic heterocycles. The highest BCUT2D eigenvalue weighted by Crippen LogP contribution is 2.67. The fourth-order valence-electron chi connectivity index (χ4n) is 7.34. The van der Waals surface area contributed by atoms with Gasteiger partial charge in [-0.05, 0) is 56.1 Å². The number of aliphatic hydroxyl groups is 2. The van der Waals surface area contributed by atoms with Crippen molar-refractivity contribution in [3.63, 3.8) is 0 Å². The summed E-state index contributed by atoms with van der Waals surface area (Å²) < 4.78 is 4.96.